The summed E-state index contributed by atoms with van der Waals surface area (Å²) in [6, 6.07) is 9.48. The fraction of sp³-hybridized carbons (Fsp3) is 0.238. The fourth-order valence-corrected chi connectivity index (χ4v) is 3.23. The normalized spacial score (nSPS) is 14.2. The van der Waals surface area contributed by atoms with E-state index in [1.807, 2.05) is 13.8 Å². The van der Waals surface area contributed by atoms with Crippen molar-refractivity contribution < 1.29 is 18.9 Å². The van der Waals surface area contributed by atoms with Gasteiger partial charge in [-0.25, -0.2) is 0 Å². The van der Waals surface area contributed by atoms with Crippen LogP contribution < -0.4 is 5.32 Å². The van der Waals surface area contributed by atoms with E-state index in [1.54, 1.807) is 48.8 Å². The zero-order valence-corrected chi connectivity index (χ0v) is 16.4. The van der Waals surface area contributed by atoms with Crippen LogP contribution in [0.25, 0.3) is 11.4 Å². The third-order valence-electron chi connectivity index (χ3n) is 4.79. The number of amides is 3. The summed E-state index contributed by atoms with van der Waals surface area (Å²) in [5.41, 5.74) is 1.29. The second-order valence-corrected chi connectivity index (χ2v) is 7.23. The molecule has 3 amide bonds. The van der Waals surface area contributed by atoms with Crippen molar-refractivity contribution in [2.75, 3.05) is 6.54 Å². The molecule has 1 aliphatic rings. The minimum Gasteiger partial charge on any atom is -0.342 e. The summed E-state index contributed by atoms with van der Waals surface area (Å²) < 4.78 is 5.36. The molecule has 4 rings (SSSR count). The number of nitrogens with one attached hydrogen (secondary N) is 1. The maximum Gasteiger partial charge on any atom is 0.262 e. The van der Waals surface area contributed by atoms with Crippen molar-refractivity contribution in [2.45, 2.75) is 19.9 Å². The lowest BCUT2D eigenvalue weighted by Gasteiger charge is -2.20. The fourth-order valence-electron chi connectivity index (χ4n) is 3.23. The first-order valence-electron chi connectivity index (χ1n) is 9.44. The van der Waals surface area contributed by atoms with Crippen molar-refractivity contribution in [1.82, 2.24) is 25.3 Å². The van der Waals surface area contributed by atoms with E-state index in [0.717, 1.165) is 4.90 Å². The summed E-state index contributed by atoms with van der Waals surface area (Å²) in [5.74, 6) is -0.937. The molecule has 0 saturated carbocycles. The predicted molar refractivity (Wildman–Crippen MR) is 105 cm³/mol. The Kier molecular flexibility index (Phi) is 5.09. The second-order valence-electron chi connectivity index (χ2n) is 7.23. The summed E-state index contributed by atoms with van der Waals surface area (Å²) >= 11 is 0. The van der Waals surface area contributed by atoms with Crippen LogP contribution in [0.3, 0.4) is 0 Å². The monoisotopic (exact) mass is 405 g/mol. The number of carbonyl (C=O) groups is 3. The SMILES string of the molecule is CC(C)C(NC(=O)CN1C(=O)c2ccccc2C1=O)c1nc(-c2cccnc2)no1. The Hall–Kier alpha value is -3.88. The zero-order chi connectivity index (χ0) is 21.3. The van der Waals surface area contributed by atoms with Gasteiger partial charge in [0.25, 0.3) is 11.8 Å². The average molecular weight is 405 g/mol. The highest BCUT2D eigenvalue weighted by molar-refractivity contribution is 6.22. The summed E-state index contributed by atoms with van der Waals surface area (Å²) in [5, 5.41) is 6.75. The largest absolute Gasteiger partial charge is 0.342 e. The Labute approximate surface area is 172 Å². The highest BCUT2D eigenvalue weighted by Gasteiger charge is 2.37. The molecule has 1 N–H and O–H groups in total. The van der Waals surface area contributed by atoms with Crippen LogP contribution >= 0.6 is 0 Å². The van der Waals surface area contributed by atoms with Gasteiger partial charge in [-0.1, -0.05) is 31.1 Å². The first-order chi connectivity index (χ1) is 14.5. The Morgan fingerprint density at radius 2 is 1.80 bits per heavy atom. The topological polar surface area (TPSA) is 118 Å². The Bertz CT molecular complexity index is 1070. The molecular weight excluding hydrogens is 386 g/mol. The number of imide groups is 1. The molecule has 0 bridgehead atoms. The van der Waals surface area contributed by atoms with Gasteiger partial charge in [-0.2, -0.15) is 4.98 Å². The summed E-state index contributed by atoms with van der Waals surface area (Å²) in [7, 11) is 0. The molecule has 1 aliphatic heterocycles. The Balaban J connectivity index is 1.48. The highest BCUT2D eigenvalue weighted by atomic mass is 16.5. The van der Waals surface area contributed by atoms with Gasteiger partial charge >= 0.3 is 0 Å². The Morgan fingerprint density at radius 1 is 1.10 bits per heavy atom. The van der Waals surface area contributed by atoms with Crippen molar-refractivity contribution >= 4 is 17.7 Å². The van der Waals surface area contributed by atoms with Crippen LogP contribution in [0.4, 0.5) is 0 Å². The average Bonchev–Trinajstić information content (AvgIpc) is 3.33. The van der Waals surface area contributed by atoms with Crippen molar-refractivity contribution in [3.63, 3.8) is 0 Å². The number of nitrogens with zero attached hydrogens (tertiary/aromatic N) is 4. The minimum absolute atomic E-state index is 0.0710. The van der Waals surface area contributed by atoms with Crippen molar-refractivity contribution in [1.29, 1.82) is 0 Å². The van der Waals surface area contributed by atoms with Crippen LogP contribution in [-0.2, 0) is 4.79 Å². The van der Waals surface area contributed by atoms with Gasteiger partial charge in [0.2, 0.25) is 17.6 Å². The van der Waals surface area contributed by atoms with Crippen LogP contribution in [0.15, 0.2) is 53.3 Å². The van der Waals surface area contributed by atoms with Gasteiger partial charge in [0, 0.05) is 18.0 Å². The molecule has 0 saturated heterocycles. The van der Waals surface area contributed by atoms with E-state index in [1.165, 1.54) is 0 Å². The summed E-state index contributed by atoms with van der Waals surface area (Å²) in [4.78, 5) is 46.9. The summed E-state index contributed by atoms with van der Waals surface area (Å²) in [6.45, 7) is 3.39. The first-order valence-corrected chi connectivity index (χ1v) is 9.44. The smallest absolute Gasteiger partial charge is 0.262 e. The van der Waals surface area contributed by atoms with Gasteiger partial charge in [0.1, 0.15) is 12.6 Å². The maximum atomic E-state index is 12.6. The van der Waals surface area contributed by atoms with Gasteiger partial charge in [0.05, 0.1) is 11.1 Å². The lowest BCUT2D eigenvalue weighted by Crippen LogP contribution is -2.42. The highest BCUT2D eigenvalue weighted by Crippen LogP contribution is 2.25. The molecule has 1 aromatic carbocycles. The molecule has 0 radical (unpaired) electrons. The molecule has 30 heavy (non-hydrogen) atoms. The zero-order valence-electron chi connectivity index (χ0n) is 16.4. The number of aromatic nitrogens is 3. The summed E-state index contributed by atoms with van der Waals surface area (Å²) in [6.07, 6.45) is 3.25. The van der Waals surface area contributed by atoms with Gasteiger partial charge in [-0.15, -0.1) is 0 Å². The number of benzene rings is 1. The maximum absolute atomic E-state index is 12.6. The van der Waals surface area contributed by atoms with E-state index in [4.69, 9.17) is 4.52 Å². The third-order valence-corrected chi connectivity index (χ3v) is 4.79. The number of hydrogen-bond acceptors (Lipinski definition) is 7. The van der Waals surface area contributed by atoms with Crippen LogP contribution in [0.2, 0.25) is 0 Å². The number of pyridine rings is 1. The van der Waals surface area contributed by atoms with Gasteiger partial charge < -0.3 is 9.84 Å². The molecule has 0 spiro atoms. The van der Waals surface area contributed by atoms with E-state index in [9.17, 15) is 14.4 Å². The van der Waals surface area contributed by atoms with Crippen LogP contribution in [-0.4, -0.2) is 44.3 Å². The van der Waals surface area contributed by atoms with Crippen LogP contribution in [0.1, 0.15) is 46.5 Å². The molecule has 3 aromatic rings. The molecule has 1 unspecified atom stereocenters. The van der Waals surface area contributed by atoms with E-state index >= 15 is 0 Å². The third kappa shape index (κ3) is 3.57. The van der Waals surface area contributed by atoms with Crippen molar-refractivity contribution in [3.8, 4) is 11.4 Å². The number of rotatable bonds is 6. The van der Waals surface area contributed by atoms with Crippen LogP contribution in [0.5, 0.6) is 0 Å². The molecule has 9 heteroatoms. The molecule has 0 fully saturated rings. The van der Waals surface area contributed by atoms with Crippen molar-refractivity contribution in [3.05, 3.63) is 65.8 Å². The molecular formula is C21H19N5O4. The molecule has 1 atom stereocenters. The standard InChI is InChI=1S/C21H19N5O4/c1-12(2)17(19-24-18(25-30-19)13-6-5-9-22-10-13)23-16(27)11-26-20(28)14-7-3-4-8-15(14)21(26)29/h3-10,12,17H,11H2,1-2H3,(H,23,27). The molecule has 2 aromatic heterocycles. The molecule has 9 nitrogen and oxygen atoms in total. The predicted octanol–water partition coefficient (Wildman–Crippen LogP) is 2.24. The van der Waals surface area contributed by atoms with Gasteiger partial charge in [0.15, 0.2) is 0 Å². The van der Waals surface area contributed by atoms with E-state index in [-0.39, 0.29) is 18.4 Å². The van der Waals surface area contributed by atoms with E-state index in [0.29, 0.717) is 22.5 Å². The number of hydrogen-bond donors (Lipinski definition) is 1. The van der Waals surface area contributed by atoms with Crippen LogP contribution in [0, 0.1) is 5.92 Å². The lowest BCUT2D eigenvalue weighted by atomic mass is 10.0. The quantitative estimate of drug-likeness (QED) is 0.625. The Morgan fingerprint density at radius 3 is 2.40 bits per heavy atom. The second kappa shape index (κ2) is 7.86. The van der Waals surface area contributed by atoms with E-state index in [2.05, 4.69) is 20.4 Å². The lowest BCUT2D eigenvalue weighted by molar-refractivity contribution is -0.122. The molecule has 3 heterocycles. The molecule has 0 aliphatic carbocycles. The first kappa shape index (κ1) is 19.4. The number of fused-ring (bicyclic) bond motifs is 1. The van der Waals surface area contributed by atoms with Crippen molar-refractivity contribution in [2.24, 2.45) is 5.92 Å². The molecule has 152 valence electrons. The van der Waals surface area contributed by atoms with Gasteiger partial charge in [-0.05, 0) is 30.2 Å². The van der Waals surface area contributed by atoms with Gasteiger partial charge in [-0.3, -0.25) is 24.3 Å². The minimum atomic E-state index is -0.578. The number of carbonyl (C=O) groups excluding carboxylic acids is 3. The van der Waals surface area contributed by atoms with E-state index < -0.39 is 23.8 Å².